The van der Waals surface area contributed by atoms with Gasteiger partial charge in [-0.25, -0.2) is 9.18 Å². The Bertz CT molecular complexity index is 823. The van der Waals surface area contributed by atoms with Gasteiger partial charge < -0.3 is 16.0 Å². The minimum atomic E-state index is -0.780. The molecule has 0 atom stereocenters. The van der Waals surface area contributed by atoms with Crippen LogP contribution in [0.3, 0.4) is 0 Å². The number of urea groups is 1. The predicted octanol–water partition coefficient (Wildman–Crippen LogP) is 1.25. The van der Waals surface area contributed by atoms with E-state index in [2.05, 4.69) is 16.0 Å². The second kappa shape index (κ2) is 9.69. The summed E-state index contributed by atoms with van der Waals surface area (Å²) in [7, 11) is 0. The van der Waals surface area contributed by atoms with Gasteiger partial charge in [-0.05, 0) is 30.5 Å². The summed E-state index contributed by atoms with van der Waals surface area (Å²) in [6.45, 7) is 0.480. The third kappa shape index (κ3) is 5.34. The van der Waals surface area contributed by atoms with E-state index in [-0.39, 0.29) is 50.2 Å². The first-order chi connectivity index (χ1) is 14.4. The summed E-state index contributed by atoms with van der Waals surface area (Å²) in [6.07, 6.45) is 4.24. The van der Waals surface area contributed by atoms with Gasteiger partial charge in [0.15, 0.2) is 0 Å². The van der Waals surface area contributed by atoms with E-state index in [9.17, 15) is 23.6 Å². The Morgan fingerprint density at radius 3 is 2.47 bits per heavy atom. The maximum Gasteiger partial charge on any atom is 0.325 e. The molecule has 0 aromatic heterocycles. The molecule has 9 heteroatoms. The highest BCUT2D eigenvalue weighted by molar-refractivity contribution is 6.07. The Balaban J connectivity index is 1.33. The van der Waals surface area contributed by atoms with E-state index in [1.807, 2.05) is 0 Å². The number of amides is 5. The summed E-state index contributed by atoms with van der Waals surface area (Å²) < 4.78 is 13.1. The zero-order chi connectivity index (χ0) is 21.6. The van der Waals surface area contributed by atoms with E-state index < -0.39 is 17.4 Å². The minimum absolute atomic E-state index is 0.00643. The number of benzene rings is 1. The van der Waals surface area contributed by atoms with Crippen molar-refractivity contribution in [2.75, 3.05) is 19.6 Å². The van der Waals surface area contributed by atoms with Crippen molar-refractivity contribution >= 4 is 23.8 Å². The molecule has 1 saturated heterocycles. The molecule has 1 heterocycles. The van der Waals surface area contributed by atoms with Crippen LogP contribution in [0.5, 0.6) is 0 Å². The normalized spacial score (nSPS) is 17.7. The smallest absolute Gasteiger partial charge is 0.325 e. The van der Waals surface area contributed by atoms with E-state index >= 15 is 0 Å². The summed E-state index contributed by atoms with van der Waals surface area (Å²) in [5.74, 6) is -1.21. The third-order valence-corrected chi connectivity index (χ3v) is 5.54. The molecule has 1 aromatic carbocycles. The number of nitrogens with one attached hydrogen (secondary N) is 3. The van der Waals surface area contributed by atoms with Crippen LogP contribution in [-0.2, 0) is 20.8 Å². The minimum Gasteiger partial charge on any atom is -0.354 e. The van der Waals surface area contributed by atoms with Gasteiger partial charge in [0.1, 0.15) is 11.4 Å². The lowest BCUT2D eigenvalue weighted by Crippen LogP contribution is -2.48. The summed E-state index contributed by atoms with van der Waals surface area (Å²) in [5, 5.41) is 8.12. The molecule has 0 bridgehead atoms. The molecule has 1 saturated carbocycles. The van der Waals surface area contributed by atoms with Gasteiger partial charge in [0.2, 0.25) is 11.8 Å². The van der Waals surface area contributed by atoms with Crippen molar-refractivity contribution in [3.05, 3.63) is 35.6 Å². The van der Waals surface area contributed by atoms with Gasteiger partial charge in [0.25, 0.3) is 5.91 Å². The summed E-state index contributed by atoms with van der Waals surface area (Å²) in [6, 6.07) is 5.39. The van der Waals surface area contributed by atoms with Crippen LogP contribution in [0, 0.1) is 5.82 Å². The van der Waals surface area contributed by atoms with Crippen LogP contribution in [0.2, 0.25) is 0 Å². The molecule has 1 aliphatic heterocycles. The maximum atomic E-state index is 13.1. The zero-order valence-corrected chi connectivity index (χ0v) is 16.8. The van der Waals surface area contributed by atoms with Crippen molar-refractivity contribution < 1.29 is 23.6 Å². The maximum absolute atomic E-state index is 13.1. The molecule has 0 radical (unpaired) electrons. The third-order valence-electron chi connectivity index (χ3n) is 5.54. The van der Waals surface area contributed by atoms with Crippen LogP contribution in [-0.4, -0.2) is 53.8 Å². The largest absolute Gasteiger partial charge is 0.354 e. The number of nitrogens with zero attached hydrogens (tertiary/aromatic N) is 1. The van der Waals surface area contributed by atoms with Crippen LogP contribution in [0.1, 0.15) is 44.1 Å². The van der Waals surface area contributed by atoms with Gasteiger partial charge >= 0.3 is 6.03 Å². The van der Waals surface area contributed by atoms with Crippen molar-refractivity contribution in [2.45, 2.75) is 50.5 Å². The fourth-order valence-corrected chi connectivity index (χ4v) is 3.97. The molecular weight excluding hydrogens is 391 g/mol. The Morgan fingerprint density at radius 1 is 1.07 bits per heavy atom. The van der Waals surface area contributed by atoms with Crippen LogP contribution in [0.15, 0.2) is 24.3 Å². The first kappa shape index (κ1) is 21.7. The molecule has 1 aromatic rings. The lowest BCUT2D eigenvalue weighted by atomic mass is 9.82. The first-order valence-corrected chi connectivity index (χ1v) is 10.3. The van der Waals surface area contributed by atoms with E-state index in [1.54, 1.807) is 12.1 Å². The first-order valence-electron chi connectivity index (χ1n) is 10.3. The van der Waals surface area contributed by atoms with Crippen molar-refractivity contribution in [2.24, 2.45) is 0 Å². The topological polar surface area (TPSA) is 108 Å². The van der Waals surface area contributed by atoms with Gasteiger partial charge in [0.05, 0.1) is 6.42 Å². The predicted molar refractivity (Wildman–Crippen MR) is 107 cm³/mol. The van der Waals surface area contributed by atoms with Gasteiger partial charge in [-0.1, -0.05) is 31.4 Å². The molecule has 1 aliphatic carbocycles. The molecular formula is C21H27FN4O4. The molecule has 1 spiro atoms. The van der Waals surface area contributed by atoms with Crippen molar-refractivity contribution in [1.29, 1.82) is 0 Å². The van der Waals surface area contributed by atoms with Gasteiger partial charge in [-0.15, -0.1) is 0 Å². The zero-order valence-electron chi connectivity index (χ0n) is 16.8. The fraction of sp³-hybridized carbons (Fsp3) is 0.524. The number of carbonyl (C=O) groups excluding carboxylic acids is 4. The average Bonchev–Trinajstić information content (AvgIpc) is 2.93. The van der Waals surface area contributed by atoms with Gasteiger partial charge in [0, 0.05) is 26.1 Å². The molecule has 162 valence electrons. The van der Waals surface area contributed by atoms with Crippen molar-refractivity contribution in [3.63, 3.8) is 0 Å². The summed E-state index contributed by atoms with van der Waals surface area (Å²) in [4.78, 5) is 49.8. The van der Waals surface area contributed by atoms with E-state index in [0.29, 0.717) is 18.4 Å². The molecule has 2 fully saturated rings. The highest BCUT2D eigenvalue weighted by atomic mass is 19.1. The Labute approximate surface area is 174 Å². The number of hydrogen-bond donors (Lipinski definition) is 3. The lowest BCUT2D eigenvalue weighted by molar-refractivity contribution is -0.132. The average molecular weight is 418 g/mol. The standard InChI is InChI=1S/C21H27FN4O4/c22-16-6-4-5-15(13-16)14-18(28)24-11-10-23-17(27)7-12-26-19(29)21(25-20(26)30)8-2-1-3-9-21/h4-6,13H,1-3,7-12,14H2,(H,23,27)(H,24,28)(H,25,30). The molecule has 2 aliphatic rings. The summed E-state index contributed by atoms with van der Waals surface area (Å²) >= 11 is 0. The van der Waals surface area contributed by atoms with Crippen molar-refractivity contribution in [1.82, 2.24) is 20.9 Å². The number of halogens is 1. The SMILES string of the molecule is O=C(CCN1C(=O)NC2(CCCCC2)C1=O)NCCNC(=O)Cc1cccc(F)c1. The Kier molecular flexibility index (Phi) is 7.02. The van der Waals surface area contributed by atoms with E-state index in [0.717, 1.165) is 24.2 Å². The molecule has 3 N–H and O–H groups in total. The number of hydrogen-bond acceptors (Lipinski definition) is 4. The number of rotatable bonds is 8. The van der Waals surface area contributed by atoms with Crippen LogP contribution < -0.4 is 16.0 Å². The summed E-state index contributed by atoms with van der Waals surface area (Å²) in [5.41, 5.74) is -0.210. The second-order valence-electron chi connectivity index (χ2n) is 7.79. The number of imide groups is 1. The highest BCUT2D eigenvalue weighted by Gasteiger charge is 2.50. The Hall–Kier alpha value is -2.97. The van der Waals surface area contributed by atoms with Gasteiger partial charge in [-0.3, -0.25) is 19.3 Å². The molecule has 30 heavy (non-hydrogen) atoms. The second-order valence-corrected chi connectivity index (χ2v) is 7.79. The molecule has 3 rings (SSSR count). The monoisotopic (exact) mass is 418 g/mol. The molecule has 0 unspecified atom stereocenters. The molecule has 5 amide bonds. The quantitative estimate of drug-likeness (QED) is 0.436. The van der Waals surface area contributed by atoms with Crippen LogP contribution in [0.4, 0.5) is 9.18 Å². The van der Waals surface area contributed by atoms with E-state index in [4.69, 9.17) is 0 Å². The highest BCUT2D eigenvalue weighted by Crippen LogP contribution is 2.33. The van der Waals surface area contributed by atoms with Gasteiger partial charge in [-0.2, -0.15) is 0 Å². The molecule has 8 nitrogen and oxygen atoms in total. The Morgan fingerprint density at radius 2 is 1.77 bits per heavy atom. The van der Waals surface area contributed by atoms with Crippen LogP contribution >= 0.6 is 0 Å². The van der Waals surface area contributed by atoms with Crippen LogP contribution in [0.25, 0.3) is 0 Å². The van der Waals surface area contributed by atoms with E-state index in [1.165, 1.54) is 12.1 Å². The fourth-order valence-electron chi connectivity index (χ4n) is 3.97. The lowest BCUT2D eigenvalue weighted by Gasteiger charge is -2.30. The van der Waals surface area contributed by atoms with Crippen molar-refractivity contribution in [3.8, 4) is 0 Å². The number of carbonyl (C=O) groups is 4.